The van der Waals surface area contributed by atoms with Crippen LogP contribution < -0.4 is 0 Å². The fourth-order valence-corrected chi connectivity index (χ4v) is 4.59. The monoisotopic (exact) mass is 405 g/mol. The van der Waals surface area contributed by atoms with Gasteiger partial charge in [0.15, 0.2) is 0 Å². The lowest BCUT2D eigenvalue weighted by molar-refractivity contribution is -0.138. The van der Waals surface area contributed by atoms with E-state index in [2.05, 4.69) is 23.7 Å². The first-order chi connectivity index (χ1) is 13.8. The zero-order valence-corrected chi connectivity index (χ0v) is 16.8. The van der Waals surface area contributed by atoms with Gasteiger partial charge in [0.2, 0.25) is 0 Å². The molecule has 0 unspecified atom stereocenters. The summed E-state index contributed by atoms with van der Waals surface area (Å²) in [6.07, 6.45) is -3.28. The Balaban J connectivity index is 1.42. The molecule has 1 amide bonds. The van der Waals surface area contributed by atoms with E-state index in [1.807, 2.05) is 0 Å². The molecule has 1 fully saturated rings. The van der Waals surface area contributed by atoms with Crippen molar-refractivity contribution in [1.29, 1.82) is 0 Å². The third kappa shape index (κ3) is 3.84. The van der Waals surface area contributed by atoms with Crippen LogP contribution in [0.25, 0.3) is 0 Å². The predicted octanol–water partition coefficient (Wildman–Crippen LogP) is 3.89. The van der Waals surface area contributed by atoms with Crippen LogP contribution in [0.1, 0.15) is 43.7 Å². The number of hydrogen-bond donors (Lipinski definition) is 0. The zero-order chi connectivity index (χ0) is 20.8. The molecule has 0 N–H and O–H groups in total. The minimum absolute atomic E-state index is 0.0665. The average Bonchev–Trinajstić information content (AvgIpc) is 3.28. The number of benzene rings is 1. The molecule has 4 nitrogen and oxygen atoms in total. The number of hydrogen-bond acceptors (Lipinski definition) is 3. The summed E-state index contributed by atoms with van der Waals surface area (Å²) in [5.74, 6) is -0.247. The van der Waals surface area contributed by atoms with E-state index in [1.54, 1.807) is 17.0 Å². The van der Waals surface area contributed by atoms with Gasteiger partial charge in [-0.15, -0.1) is 0 Å². The lowest BCUT2D eigenvalue weighted by atomic mass is 9.86. The van der Waals surface area contributed by atoms with Crippen LogP contribution in [0.5, 0.6) is 0 Å². The van der Waals surface area contributed by atoms with E-state index >= 15 is 0 Å². The summed E-state index contributed by atoms with van der Waals surface area (Å²) >= 11 is 0. The van der Waals surface area contributed by atoms with Crippen LogP contribution in [-0.4, -0.2) is 60.2 Å². The molecule has 0 atom stereocenters. The van der Waals surface area contributed by atoms with Crippen molar-refractivity contribution < 1.29 is 18.0 Å². The second-order valence-electron chi connectivity index (χ2n) is 8.40. The summed E-state index contributed by atoms with van der Waals surface area (Å²) in [6.45, 7) is 7.43. The van der Waals surface area contributed by atoms with E-state index in [0.717, 1.165) is 24.7 Å². The van der Waals surface area contributed by atoms with Crippen LogP contribution >= 0.6 is 0 Å². The van der Waals surface area contributed by atoms with E-state index < -0.39 is 11.7 Å². The normalized spacial score (nSPS) is 21.2. The molecule has 3 aliphatic rings. The van der Waals surface area contributed by atoms with E-state index in [9.17, 15) is 18.0 Å². The molecule has 7 heteroatoms. The molecule has 1 aromatic carbocycles. The first kappa shape index (κ1) is 20.1. The van der Waals surface area contributed by atoms with E-state index in [-0.39, 0.29) is 11.8 Å². The van der Waals surface area contributed by atoms with E-state index in [4.69, 9.17) is 0 Å². The molecule has 3 heterocycles. The summed E-state index contributed by atoms with van der Waals surface area (Å²) in [4.78, 5) is 21.6. The highest BCUT2D eigenvalue weighted by Crippen LogP contribution is 2.39. The first-order valence-corrected chi connectivity index (χ1v) is 10.2. The van der Waals surface area contributed by atoms with Crippen LogP contribution in [0.3, 0.4) is 0 Å². The summed E-state index contributed by atoms with van der Waals surface area (Å²) in [5.41, 5.74) is 2.65. The molecule has 156 valence electrons. The van der Waals surface area contributed by atoms with Crippen LogP contribution in [0.2, 0.25) is 0 Å². The molecule has 0 spiro atoms. The number of rotatable bonds is 3. The molecule has 29 heavy (non-hydrogen) atoms. The van der Waals surface area contributed by atoms with Gasteiger partial charge in [0.05, 0.1) is 12.1 Å². The van der Waals surface area contributed by atoms with Gasteiger partial charge in [-0.2, -0.15) is 13.2 Å². The van der Waals surface area contributed by atoms with Crippen molar-refractivity contribution in [2.45, 2.75) is 44.8 Å². The largest absolute Gasteiger partial charge is 0.416 e. The maximum absolute atomic E-state index is 13.3. The van der Waals surface area contributed by atoms with Crippen molar-refractivity contribution in [3.05, 3.63) is 46.5 Å². The third-order valence-electron chi connectivity index (χ3n) is 6.32. The fourth-order valence-electron chi connectivity index (χ4n) is 4.59. The number of nitrogens with zero attached hydrogens (tertiary/aromatic N) is 3. The highest BCUT2D eigenvalue weighted by Gasteiger charge is 2.38. The van der Waals surface area contributed by atoms with Gasteiger partial charge in [-0.1, -0.05) is 18.2 Å². The number of piperidine rings is 1. The van der Waals surface area contributed by atoms with Gasteiger partial charge in [-0.25, -0.2) is 0 Å². The Morgan fingerprint density at radius 1 is 1.14 bits per heavy atom. The van der Waals surface area contributed by atoms with Gasteiger partial charge in [-0.3, -0.25) is 14.7 Å². The quantitative estimate of drug-likeness (QED) is 0.765. The van der Waals surface area contributed by atoms with Gasteiger partial charge in [0.25, 0.3) is 5.91 Å². The summed E-state index contributed by atoms with van der Waals surface area (Å²) in [6, 6.07) is 6.22. The van der Waals surface area contributed by atoms with Gasteiger partial charge < -0.3 is 4.90 Å². The first-order valence-electron chi connectivity index (χ1n) is 10.2. The van der Waals surface area contributed by atoms with E-state index in [0.29, 0.717) is 49.8 Å². The summed E-state index contributed by atoms with van der Waals surface area (Å²) in [5, 5.41) is 0. The molecule has 1 saturated heterocycles. The summed E-state index contributed by atoms with van der Waals surface area (Å²) in [7, 11) is 0. The fraction of sp³-hybridized carbons (Fsp3) is 0.545. The van der Waals surface area contributed by atoms with Crippen molar-refractivity contribution in [3.63, 3.8) is 0 Å². The highest BCUT2D eigenvalue weighted by molar-refractivity contribution is 6.46. The van der Waals surface area contributed by atoms with E-state index in [1.165, 1.54) is 11.6 Å². The lowest BCUT2D eigenvalue weighted by Crippen LogP contribution is -2.43. The van der Waals surface area contributed by atoms with Crippen LogP contribution in [0.15, 0.2) is 40.4 Å². The van der Waals surface area contributed by atoms with Crippen LogP contribution in [0, 0.1) is 0 Å². The number of halogens is 3. The Morgan fingerprint density at radius 2 is 1.83 bits per heavy atom. The number of amides is 1. The van der Waals surface area contributed by atoms with Gasteiger partial charge >= 0.3 is 6.18 Å². The number of carbonyl (C=O) groups is 1. The van der Waals surface area contributed by atoms with Crippen molar-refractivity contribution in [2.24, 2.45) is 4.99 Å². The van der Waals surface area contributed by atoms with Gasteiger partial charge in [-0.05, 0) is 55.4 Å². The molecular formula is C22H26F3N3O. The smallest absolute Gasteiger partial charge is 0.337 e. The van der Waals surface area contributed by atoms with Crippen molar-refractivity contribution in [1.82, 2.24) is 9.80 Å². The molecular weight excluding hydrogens is 379 g/mol. The van der Waals surface area contributed by atoms with Crippen molar-refractivity contribution in [2.75, 3.05) is 32.7 Å². The molecule has 3 aliphatic heterocycles. The second kappa shape index (κ2) is 7.59. The van der Waals surface area contributed by atoms with Crippen molar-refractivity contribution in [3.8, 4) is 0 Å². The minimum atomic E-state index is -4.35. The molecule has 4 rings (SSSR count). The second-order valence-corrected chi connectivity index (χ2v) is 8.40. The van der Waals surface area contributed by atoms with Crippen LogP contribution in [-0.2, 0) is 11.0 Å². The van der Waals surface area contributed by atoms with Gasteiger partial charge in [0.1, 0.15) is 5.71 Å². The Morgan fingerprint density at radius 3 is 2.48 bits per heavy atom. The molecule has 0 aromatic heterocycles. The topological polar surface area (TPSA) is 35.9 Å². The minimum Gasteiger partial charge on any atom is -0.337 e. The average molecular weight is 405 g/mol. The standard InChI is InChI=1S/C22H26F3N3O/c1-14(2)28-12-16-11-26-20(18(16)13-28)21(29)27-9-7-15(8-10-27)17-5-3-4-6-19(17)22(23,24)25/h3-6,14-15H,7-13H2,1-2H3. The third-order valence-corrected chi connectivity index (χ3v) is 6.32. The Kier molecular flexibility index (Phi) is 5.27. The molecule has 1 aromatic rings. The predicted molar refractivity (Wildman–Crippen MR) is 106 cm³/mol. The van der Waals surface area contributed by atoms with Crippen molar-refractivity contribution >= 4 is 11.6 Å². The summed E-state index contributed by atoms with van der Waals surface area (Å²) < 4.78 is 40.0. The van der Waals surface area contributed by atoms with Crippen LogP contribution in [0.4, 0.5) is 13.2 Å². The Labute approximate surface area is 169 Å². The zero-order valence-electron chi connectivity index (χ0n) is 16.8. The Hall–Kier alpha value is -2.15. The Bertz CT molecular complexity index is 864. The molecule has 0 aliphatic carbocycles. The number of alkyl halides is 3. The van der Waals surface area contributed by atoms with Gasteiger partial charge in [0, 0.05) is 32.2 Å². The molecule has 0 bridgehead atoms. The SMILES string of the molecule is CC(C)N1CC2=C(C1)C(C(=O)N1CCC(c3ccccc3C(F)(F)F)CC1)=NC2. The number of aliphatic imine (C=N–C) groups is 1. The maximum Gasteiger partial charge on any atom is 0.416 e. The molecule has 0 radical (unpaired) electrons. The number of likely N-dealkylation sites (tertiary alicyclic amines) is 1. The molecule has 0 saturated carbocycles. The number of carbonyl (C=O) groups excluding carboxylic acids is 1. The lowest BCUT2D eigenvalue weighted by Gasteiger charge is -2.33. The highest BCUT2D eigenvalue weighted by atomic mass is 19.4. The maximum atomic E-state index is 13.3.